The highest BCUT2D eigenvalue weighted by atomic mass is 16.5. The van der Waals surface area contributed by atoms with Crippen molar-refractivity contribution in [3.8, 4) is 11.4 Å². The van der Waals surface area contributed by atoms with E-state index in [4.69, 9.17) is 4.74 Å². The molecule has 1 aromatic heterocycles. The van der Waals surface area contributed by atoms with Gasteiger partial charge >= 0.3 is 0 Å². The number of aromatic nitrogens is 2. The summed E-state index contributed by atoms with van der Waals surface area (Å²) in [7, 11) is 1.62. The third-order valence-corrected chi connectivity index (χ3v) is 2.96. The summed E-state index contributed by atoms with van der Waals surface area (Å²) in [5.74, 6) is 0.618. The molecule has 0 saturated heterocycles. The minimum atomic E-state index is -0.139. The van der Waals surface area contributed by atoms with Crippen molar-refractivity contribution < 1.29 is 9.53 Å². The first-order chi connectivity index (χ1) is 9.74. The number of amides is 1. The number of ether oxygens (including phenoxy) is 1. The first kappa shape index (κ1) is 14.1. The number of carbonyl (C=O) groups is 1. The SMILES string of the molecule is CCCCNC(=O)c1ccn(-c2cccc(OC)c2)n1. The van der Waals surface area contributed by atoms with E-state index in [1.807, 2.05) is 24.3 Å². The largest absolute Gasteiger partial charge is 0.497 e. The lowest BCUT2D eigenvalue weighted by Crippen LogP contribution is -2.24. The summed E-state index contributed by atoms with van der Waals surface area (Å²) in [6, 6.07) is 9.24. The summed E-state index contributed by atoms with van der Waals surface area (Å²) in [4.78, 5) is 11.9. The summed E-state index contributed by atoms with van der Waals surface area (Å²) < 4.78 is 6.84. The van der Waals surface area contributed by atoms with Crippen LogP contribution in [0.5, 0.6) is 5.75 Å². The molecule has 2 rings (SSSR count). The van der Waals surface area contributed by atoms with Crippen LogP contribution in [0.4, 0.5) is 0 Å². The molecule has 0 bridgehead atoms. The topological polar surface area (TPSA) is 56.2 Å². The fraction of sp³-hybridized carbons (Fsp3) is 0.333. The molecule has 0 saturated carbocycles. The van der Waals surface area contributed by atoms with Gasteiger partial charge in [-0.05, 0) is 24.6 Å². The molecular formula is C15H19N3O2. The number of benzene rings is 1. The van der Waals surface area contributed by atoms with Gasteiger partial charge in [0.2, 0.25) is 0 Å². The van der Waals surface area contributed by atoms with E-state index in [-0.39, 0.29) is 5.91 Å². The van der Waals surface area contributed by atoms with E-state index in [9.17, 15) is 4.79 Å². The van der Waals surface area contributed by atoms with E-state index < -0.39 is 0 Å². The van der Waals surface area contributed by atoms with Crippen LogP contribution in [-0.4, -0.2) is 29.3 Å². The van der Waals surface area contributed by atoms with Gasteiger partial charge in [0.25, 0.3) is 5.91 Å². The zero-order chi connectivity index (χ0) is 14.4. The lowest BCUT2D eigenvalue weighted by Gasteiger charge is -2.04. The highest BCUT2D eigenvalue weighted by Gasteiger charge is 2.09. The minimum Gasteiger partial charge on any atom is -0.497 e. The number of unbranched alkanes of at least 4 members (excludes halogenated alkanes) is 1. The maximum absolute atomic E-state index is 11.9. The molecule has 1 N–H and O–H groups in total. The van der Waals surface area contributed by atoms with E-state index >= 15 is 0 Å². The predicted molar refractivity (Wildman–Crippen MR) is 77.4 cm³/mol. The molecule has 0 radical (unpaired) electrons. The van der Waals surface area contributed by atoms with Crippen LogP contribution in [0, 0.1) is 0 Å². The first-order valence-corrected chi connectivity index (χ1v) is 6.73. The lowest BCUT2D eigenvalue weighted by atomic mass is 10.3. The molecule has 20 heavy (non-hydrogen) atoms. The predicted octanol–water partition coefficient (Wildman–Crippen LogP) is 2.41. The van der Waals surface area contributed by atoms with Gasteiger partial charge in [-0.25, -0.2) is 4.68 Å². The third-order valence-electron chi connectivity index (χ3n) is 2.96. The van der Waals surface area contributed by atoms with Crippen molar-refractivity contribution in [3.63, 3.8) is 0 Å². The van der Waals surface area contributed by atoms with Gasteiger partial charge in [0.15, 0.2) is 5.69 Å². The molecule has 0 aliphatic rings. The zero-order valence-electron chi connectivity index (χ0n) is 11.8. The summed E-state index contributed by atoms with van der Waals surface area (Å²) >= 11 is 0. The van der Waals surface area contributed by atoms with Gasteiger partial charge in [-0.3, -0.25) is 4.79 Å². The smallest absolute Gasteiger partial charge is 0.271 e. The minimum absolute atomic E-state index is 0.139. The summed E-state index contributed by atoms with van der Waals surface area (Å²) in [5.41, 5.74) is 1.28. The van der Waals surface area contributed by atoms with Crippen molar-refractivity contribution in [1.29, 1.82) is 0 Å². The third kappa shape index (κ3) is 3.38. The van der Waals surface area contributed by atoms with Crippen LogP contribution in [0.1, 0.15) is 30.3 Å². The van der Waals surface area contributed by atoms with Crippen molar-refractivity contribution in [3.05, 3.63) is 42.2 Å². The Labute approximate surface area is 118 Å². The van der Waals surface area contributed by atoms with Crippen LogP contribution in [-0.2, 0) is 0 Å². The molecule has 0 unspecified atom stereocenters. The van der Waals surface area contributed by atoms with E-state index in [2.05, 4.69) is 17.3 Å². The fourth-order valence-corrected chi connectivity index (χ4v) is 1.81. The van der Waals surface area contributed by atoms with Crippen LogP contribution in [0.15, 0.2) is 36.5 Å². The molecule has 0 aliphatic heterocycles. The Kier molecular flexibility index (Phi) is 4.76. The zero-order valence-corrected chi connectivity index (χ0v) is 11.8. The molecule has 1 amide bonds. The van der Waals surface area contributed by atoms with Gasteiger partial charge < -0.3 is 10.1 Å². The Balaban J connectivity index is 2.09. The van der Waals surface area contributed by atoms with Crippen LogP contribution in [0.25, 0.3) is 5.69 Å². The average Bonchev–Trinajstić information content (AvgIpc) is 2.97. The summed E-state index contributed by atoms with van der Waals surface area (Å²) in [6.07, 6.45) is 3.80. The van der Waals surface area contributed by atoms with Gasteiger partial charge in [0.1, 0.15) is 5.75 Å². The average molecular weight is 273 g/mol. The Morgan fingerprint density at radius 1 is 1.40 bits per heavy atom. The molecule has 0 atom stereocenters. The second-order valence-corrected chi connectivity index (χ2v) is 4.46. The van der Waals surface area contributed by atoms with E-state index in [0.29, 0.717) is 12.2 Å². The number of nitrogens with zero attached hydrogens (tertiary/aromatic N) is 2. The maximum Gasteiger partial charge on any atom is 0.271 e. The standard InChI is InChI=1S/C15H19N3O2/c1-3-4-9-16-15(19)14-8-10-18(17-14)12-6-5-7-13(11-12)20-2/h5-8,10-11H,3-4,9H2,1-2H3,(H,16,19). The maximum atomic E-state index is 11.9. The molecule has 2 aromatic rings. The number of rotatable bonds is 6. The molecule has 5 heteroatoms. The van der Waals surface area contributed by atoms with Crippen molar-refractivity contribution in [2.75, 3.05) is 13.7 Å². The molecule has 0 spiro atoms. The molecular weight excluding hydrogens is 254 g/mol. The van der Waals surface area contributed by atoms with Gasteiger partial charge in [0.05, 0.1) is 12.8 Å². The Morgan fingerprint density at radius 3 is 3.00 bits per heavy atom. The number of hydrogen-bond donors (Lipinski definition) is 1. The number of nitrogens with one attached hydrogen (secondary N) is 1. The van der Waals surface area contributed by atoms with E-state index in [0.717, 1.165) is 24.3 Å². The number of hydrogen-bond acceptors (Lipinski definition) is 3. The molecule has 1 aromatic carbocycles. The van der Waals surface area contributed by atoms with Crippen molar-refractivity contribution in [2.24, 2.45) is 0 Å². The first-order valence-electron chi connectivity index (χ1n) is 6.73. The van der Waals surface area contributed by atoms with E-state index in [1.54, 1.807) is 24.1 Å². The normalized spacial score (nSPS) is 10.3. The second kappa shape index (κ2) is 6.75. The Morgan fingerprint density at radius 2 is 2.25 bits per heavy atom. The highest BCUT2D eigenvalue weighted by Crippen LogP contribution is 2.15. The quantitative estimate of drug-likeness (QED) is 0.822. The summed E-state index contributed by atoms with van der Waals surface area (Å²) in [5, 5.41) is 7.13. The van der Waals surface area contributed by atoms with Crippen LogP contribution in [0.2, 0.25) is 0 Å². The molecule has 1 heterocycles. The van der Waals surface area contributed by atoms with Gasteiger partial charge in [-0.15, -0.1) is 0 Å². The van der Waals surface area contributed by atoms with Crippen LogP contribution < -0.4 is 10.1 Å². The highest BCUT2D eigenvalue weighted by molar-refractivity contribution is 5.92. The Bertz CT molecular complexity index is 578. The molecule has 5 nitrogen and oxygen atoms in total. The van der Waals surface area contributed by atoms with Gasteiger partial charge in [0, 0.05) is 18.8 Å². The molecule has 0 aliphatic carbocycles. The number of methoxy groups -OCH3 is 1. The van der Waals surface area contributed by atoms with Gasteiger partial charge in [-0.1, -0.05) is 19.4 Å². The fourth-order valence-electron chi connectivity index (χ4n) is 1.81. The monoisotopic (exact) mass is 273 g/mol. The van der Waals surface area contributed by atoms with Crippen LogP contribution >= 0.6 is 0 Å². The second-order valence-electron chi connectivity index (χ2n) is 4.46. The van der Waals surface area contributed by atoms with Crippen molar-refractivity contribution >= 4 is 5.91 Å². The van der Waals surface area contributed by atoms with Crippen molar-refractivity contribution in [1.82, 2.24) is 15.1 Å². The molecule has 106 valence electrons. The van der Waals surface area contributed by atoms with Gasteiger partial charge in [-0.2, -0.15) is 5.10 Å². The van der Waals surface area contributed by atoms with E-state index in [1.165, 1.54) is 0 Å². The lowest BCUT2D eigenvalue weighted by molar-refractivity contribution is 0.0948. The van der Waals surface area contributed by atoms with Crippen LogP contribution in [0.3, 0.4) is 0 Å². The number of carbonyl (C=O) groups excluding carboxylic acids is 1. The summed E-state index contributed by atoms with van der Waals surface area (Å²) in [6.45, 7) is 2.77. The molecule has 0 fully saturated rings. The van der Waals surface area contributed by atoms with Crippen molar-refractivity contribution in [2.45, 2.75) is 19.8 Å². The Hall–Kier alpha value is -2.30.